The van der Waals surface area contributed by atoms with Crippen molar-refractivity contribution in [1.82, 2.24) is 0 Å². The summed E-state index contributed by atoms with van der Waals surface area (Å²) in [6.07, 6.45) is 5.11. The van der Waals surface area contributed by atoms with Gasteiger partial charge in [-0.15, -0.1) is 0 Å². The van der Waals surface area contributed by atoms with Crippen molar-refractivity contribution in [2.24, 2.45) is 0 Å². The summed E-state index contributed by atoms with van der Waals surface area (Å²) in [5.74, 6) is 0.0921. The van der Waals surface area contributed by atoms with Crippen LogP contribution in [-0.4, -0.2) is 5.97 Å². The zero-order valence-corrected chi connectivity index (χ0v) is 8.57. The highest BCUT2D eigenvalue weighted by molar-refractivity contribution is 5.76. The minimum absolute atomic E-state index is 0.367. The number of anilines is 1. The van der Waals surface area contributed by atoms with Gasteiger partial charge in [-0.3, -0.25) is 4.79 Å². The summed E-state index contributed by atoms with van der Waals surface area (Å²) in [6.45, 7) is 4.91. The Morgan fingerprint density at radius 3 is 2.87 bits per heavy atom. The fourth-order valence-corrected chi connectivity index (χ4v) is 1.15. The second kappa shape index (κ2) is 5.00. The Kier molecular flexibility index (Phi) is 3.68. The van der Waals surface area contributed by atoms with Gasteiger partial charge >= 0.3 is 5.97 Å². The van der Waals surface area contributed by atoms with Crippen molar-refractivity contribution in [2.45, 2.75) is 6.92 Å². The van der Waals surface area contributed by atoms with E-state index in [4.69, 9.17) is 10.5 Å². The maximum absolute atomic E-state index is 10.8. The Morgan fingerprint density at radius 1 is 1.53 bits per heavy atom. The molecule has 15 heavy (non-hydrogen) atoms. The van der Waals surface area contributed by atoms with Gasteiger partial charge in [-0.25, -0.2) is 0 Å². The summed E-state index contributed by atoms with van der Waals surface area (Å²) < 4.78 is 5.02. The third-order valence-electron chi connectivity index (χ3n) is 1.75. The van der Waals surface area contributed by atoms with Gasteiger partial charge in [0.15, 0.2) is 0 Å². The topological polar surface area (TPSA) is 52.3 Å². The van der Waals surface area contributed by atoms with Crippen LogP contribution in [0.4, 0.5) is 5.69 Å². The molecule has 0 unspecified atom stereocenters. The molecule has 0 bridgehead atoms. The van der Waals surface area contributed by atoms with Crippen LogP contribution in [0.3, 0.4) is 0 Å². The zero-order valence-electron chi connectivity index (χ0n) is 8.57. The summed E-state index contributed by atoms with van der Waals surface area (Å²) in [7, 11) is 0. The van der Waals surface area contributed by atoms with Gasteiger partial charge in [-0.2, -0.15) is 0 Å². The van der Waals surface area contributed by atoms with E-state index in [1.807, 2.05) is 0 Å². The lowest BCUT2D eigenvalue weighted by molar-refractivity contribution is -0.131. The first-order valence-corrected chi connectivity index (χ1v) is 4.51. The first kappa shape index (κ1) is 11.0. The molecule has 0 heterocycles. The molecule has 1 aromatic rings. The molecule has 0 atom stereocenters. The Morgan fingerprint density at radius 2 is 2.27 bits per heavy atom. The second-order valence-corrected chi connectivity index (χ2v) is 2.95. The van der Waals surface area contributed by atoms with Crippen LogP contribution >= 0.6 is 0 Å². The third-order valence-corrected chi connectivity index (χ3v) is 1.75. The predicted octanol–water partition coefficient (Wildman–Crippen LogP) is 2.39. The average Bonchev–Trinajstić information content (AvgIpc) is 2.16. The standard InChI is InChI=1S/C12H13NO2/c1-3-4-6-10-11(13)7-5-8-12(10)15-9(2)14/h3-8H,1,13H2,2H3/b6-4-. The molecule has 78 valence electrons. The number of nitrogen functional groups attached to an aromatic ring is 1. The van der Waals surface area contributed by atoms with Crippen molar-refractivity contribution in [2.75, 3.05) is 5.73 Å². The molecule has 0 saturated heterocycles. The monoisotopic (exact) mass is 203 g/mol. The van der Waals surface area contributed by atoms with Crippen LogP contribution in [0, 0.1) is 0 Å². The van der Waals surface area contributed by atoms with Gasteiger partial charge in [-0.1, -0.05) is 24.8 Å². The molecule has 0 aromatic heterocycles. The van der Waals surface area contributed by atoms with Crippen molar-refractivity contribution in [3.63, 3.8) is 0 Å². The second-order valence-electron chi connectivity index (χ2n) is 2.95. The van der Waals surface area contributed by atoms with Gasteiger partial charge < -0.3 is 10.5 Å². The van der Waals surface area contributed by atoms with Crippen molar-refractivity contribution < 1.29 is 9.53 Å². The number of esters is 1. The molecule has 3 nitrogen and oxygen atoms in total. The Hall–Kier alpha value is -2.03. The summed E-state index contributed by atoms with van der Waals surface area (Å²) in [4.78, 5) is 10.8. The highest BCUT2D eigenvalue weighted by atomic mass is 16.5. The fourth-order valence-electron chi connectivity index (χ4n) is 1.15. The van der Waals surface area contributed by atoms with Crippen molar-refractivity contribution >= 4 is 17.7 Å². The number of hydrogen-bond acceptors (Lipinski definition) is 3. The molecule has 0 aliphatic carbocycles. The number of nitrogens with two attached hydrogens (primary N) is 1. The van der Waals surface area contributed by atoms with E-state index in [1.165, 1.54) is 6.92 Å². The maximum atomic E-state index is 10.8. The number of ether oxygens (including phenoxy) is 1. The van der Waals surface area contributed by atoms with Crippen LogP contribution in [0.1, 0.15) is 12.5 Å². The summed E-state index contributed by atoms with van der Waals surface area (Å²) in [5, 5.41) is 0. The predicted molar refractivity (Wildman–Crippen MR) is 61.4 cm³/mol. The van der Waals surface area contributed by atoms with Gasteiger partial charge in [0.1, 0.15) is 5.75 Å². The van der Waals surface area contributed by atoms with Gasteiger partial charge in [0.25, 0.3) is 0 Å². The lowest BCUT2D eigenvalue weighted by atomic mass is 10.1. The van der Waals surface area contributed by atoms with E-state index in [1.54, 1.807) is 36.4 Å². The smallest absolute Gasteiger partial charge is 0.308 e. The van der Waals surface area contributed by atoms with Crippen LogP contribution in [-0.2, 0) is 4.79 Å². The Labute approximate surface area is 88.9 Å². The summed E-state index contributed by atoms with van der Waals surface area (Å²) >= 11 is 0. The third kappa shape index (κ3) is 2.98. The summed E-state index contributed by atoms with van der Waals surface area (Å²) in [6, 6.07) is 5.18. The van der Waals surface area contributed by atoms with E-state index < -0.39 is 0 Å². The van der Waals surface area contributed by atoms with Crippen molar-refractivity contribution in [3.05, 3.63) is 42.5 Å². The van der Waals surface area contributed by atoms with Crippen LogP contribution in [0.5, 0.6) is 5.75 Å². The molecule has 0 aliphatic heterocycles. The van der Waals surface area contributed by atoms with Crippen LogP contribution in [0.25, 0.3) is 6.08 Å². The summed E-state index contributed by atoms with van der Waals surface area (Å²) in [5.41, 5.74) is 7.01. The number of benzene rings is 1. The van der Waals surface area contributed by atoms with Crippen molar-refractivity contribution in [3.8, 4) is 5.75 Å². The maximum Gasteiger partial charge on any atom is 0.308 e. The molecule has 0 fully saturated rings. The number of carbonyl (C=O) groups excluding carboxylic acids is 1. The van der Waals surface area contributed by atoms with E-state index in [0.29, 0.717) is 17.0 Å². The van der Waals surface area contributed by atoms with Gasteiger partial charge in [0.2, 0.25) is 0 Å². The highest BCUT2D eigenvalue weighted by Crippen LogP contribution is 2.25. The Bertz CT molecular complexity index is 408. The molecule has 1 rings (SSSR count). The molecule has 0 saturated carbocycles. The zero-order chi connectivity index (χ0) is 11.3. The molecule has 3 heteroatoms. The van der Waals surface area contributed by atoms with E-state index in [9.17, 15) is 4.79 Å². The lowest BCUT2D eigenvalue weighted by Crippen LogP contribution is -2.03. The molecular weight excluding hydrogens is 190 g/mol. The van der Waals surface area contributed by atoms with E-state index in [-0.39, 0.29) is 5.97 Å². The van der Waals surface area contributed by atoms with Gasteiger partial charge in [0.05, 0.1) is 0 Å². The minimum Gasteiger partial charge on any atom is -0.426 e. The van der Waals surface area contributed by atoms with E-state index in [2.05, 4.69) is 6.58 Å². The molecule has 2 N–H and O–H groups in total. The molecular formula is C12H13NO2. The van der Waals surface area contributed by atoms with Crippen molar-refractivity contribution in [1.29, 1.82) is 0 Å². The fraction of sp³-hybridized carbons (Fsp3) is 0.0833. The van der Waals surface area contributed by atoms with Crippen LogP contribution < -0.4 is 10.5 Å². The quantitative estimate of drug-likeness (QED) is 0.355. The molecule has 1 aromatic carbocycles. The van der Waals surface area contributed by atoms with Gasteiger partial charge in [-0.05, 0) is 18.2 Å². The highest BCUT2D eigenvalue weighted by Gasteiger charge is 2.05. The number of rotatable bonds is 3. The number of hydrogen-bond donors (Lipinski definition) is 1. The molecule has 0 spiro atoms. The average molecular weight is 203 g/mol. The first-order valence-electron chi connectivity index (χ1n) is 4.51. The van der Waals surface area contributed by atoms with Crippen LogP contribution in [0.15, 0.2) is 36.9 Å². The van der Waals surface area contributed by atoms with Crippen LogP contribution in [0.2, 0.25) is 0 Å². The van der Waals surface area contributed by atoms with E-state index in [0.717, 1.165) is 0 Å². The molecule has 0 amide bonds. The first-order chi connectivity index (χ1) is 7.15. The SMILES string of the molecule is C=C/C=C\c1c(N)cccc1OC(C)=O. The number of allylic oxidation sites excluding steroid dienone is 2. The largest absolute Gasteiger partial charge is 0.426 e. The minimum atomic E-state index is -0.367. The molecule has 0 radical (unpaired) electrons. The number of carbonyl (C=O) groups is 1. The Balaban J connectivity index is 3.13. The van der Waals surface area contributed by atoms with E-state index >= 15 is 0 Å². The normalized spacial score (nSPS) is 10.2. The lowest BCUT2D eigenvalue weighted by Gasteiger charge is -2.07. The molecule has 0 aliphatic rings. The van der Waals surface area contributed by atoms with Gasteiger partial charge in [0, 0.05) is 18.2 Å².